The van der Waals surface area contributed by atoms with Crippen LogP contribution in [0.5, 0.6) is 11.5 Å². The molecule has 0 bridgehead atoms. The summed E-state index contributed by atoms with van der Waals surface area (Å²) in [5, 5.41) is 3.86. The average molecular weight is 400 g/mol. The maximum atomic E-state index is 12.5. The molecule has 0 aliphatic heterocycles. The van der Waals surface area contributed by atoms with Crippen LogP contribution in [0.15, 0.2) is 22.7 Å². The summed E-state index contributed by atoms with van der Waals surface area (Å²) in [6.07, 6.45) is -5.37. The largest absolute Gasteiger partial charge is 0.493 e. The summed E-state index contributed by atoms with van der Waals surface area (Å²) in [7, 11) is 1.42. The predicted octanol–water partition coefficient (Wildman–Crippen LogP) is 4.29. The average Bonchev–Trinajstić information content (AvgIpc) is 2.97. The predicted molar refractivity (Wildman–Crippen MR) is 95.6 cm³/mol. The number of ether oxygens (including phenoxy) is 2. The van der Waals surface area contributed by atoms with Gasteiger partial charge >= 0.3 is 6.18 Å². The van der Waals surface area contributed by atoms with Gasteiger partial charge in [0, 0.05) is 18.7 Å². The number of nitrogens with zero attached hydrogens (tertiary/aromatic N) is 2. The number of aromatic nitrogens is 1. The molecule has 1 aromatic heterocycles. The number of aryl methyl sites for hydroxylation is 2. The van der Waals surface area contributed by atoms with Gasteiger partial charge in [-0.2, -0.15) is 13.2 Å². The third-order valence-electron chi connectivity index (χ3n) is 4.30. The molecule has 0 atom stereocenters. The molecule has 1 aromatic carbocycles. The molecule has 0 aliphatic rings. The first-order valence-corrected chi connectivity index (χ1v) is 8.74. The Bertz CT molecular complexity index is 798. The number of alkyl halides is 3. The van der Waals surface area contributed by atoms with Gasteiger partial charge in [-0.3, -0.25) is 4.79 Å². The van der Waals surface area contributed by atoms with Crippen molar-refractivity contribution in [1.82, 2.24) is 10.1 Å². The zero-order chi connectivity index (χ0) is 20.9. The molecule has 28 heavy (non-hydrogen) atoms. The molecule has 0 aliphatic carbocycles. The van der Waals surface area contributed by atoms with Crippen molar-refractivity contribution in [3.8, 4) is 11.5 Å². The van der Waals surface area contributed by atoms with Crippen molar-refractivity contribution >= 4 is 5.91 Å². The molecule has 9 heteroatoms. The highest BCUT2D eigenvalue weighted by Crippen LogP contribution is 2.30. The minimum atomic E-state index is -4.32. The number of halogens is 3. The molecule has 1 heterocycles. The topological polar surface area (TPSA) is 64.8 Å². The summed E-state index contributed by atoms with van der Waals surface area (Å²) < 4.78 is 53.5. The molecule has 0 fully saturated rings. The van der Waals surface area contributed by atoms with Crippen LogP contribution in [0.3, 0.4) is 0 Å². The van der Waals surface area contributed by atoms with Gasteiger partial charge in [0.15, 0.2) is 11.5 Å². The second kappa shape index (κ2) is 8.99. The van der Waals surface area contributed by atoms with Gasteiger partial charge in [0.05, 0.1) is 24.8 Å². The molecule has 0 saturated carbocycles. The van der Waals surface area contributed by atoms with Crippen LogP contribution in [0.4, 0.5) is 13.2 Å². The van der Waals surface area contributed by atoms with Crippen molar-refractivity contribution in [2.45, 2.75) is 40.0 Å². The second-order valence-electron chi connectivity index (χ2n) is 6.21. The first-order valence-electron chi connectivity index (χ1n) is 8.74. The fourth-order valence-corrected chi connectivity index (χ4v) is 2.63. The fourth-order valence-electron chi connectivity index (χ4n) is 2.63. The number of benzene rings is 1. The number of hydrogen-bond acceptors (Lipinski definition) is 5. The number of hydrogen-bond donors (Lipinski definition) is 0. The number of amides is 1. The minimum absolute atomic E-state index is 0.168. The Kier molecular flexibility index (Phi) is 6.93. The summed E-state index contributed by atoms with van der Waals surface area (Å²) in [5.41, 5.74) is 1.75. The molecule has 154 valence electrons. The van der Waals surface area contributed by atoms with Gasteiger partial charge in [-0.1, -0.05) is 5.16 Å². The van der Waals surface area contributed by atoms with E-state index >= 15 is 0 Å². The summed E-state index contributed by atoms with van der Waals surface area (Å²) in [4.78, 5) is 13.7. The molecule has 0 N–H and O–H groups in total. The van der Waals surface area contributed by atoms with Crippen LogP contribution in [-0.2, 0) is 6.61 Å². The quantitative estimate of drug-likeness (QED) is 0.661. The van der Waals surface area contributed by atoms with Gasteiger partial charge in [0.25, 0.3) is 5.91 Å². The molecular weight excluding hydrogens is 377 g/mol. The van der Waals surface area contributed by atoms with E-state index in [-0.39, 0.29) is 18.7 Å². The Morgan fingerprint density at radius 2 is 1.96 bits per heavy atom. The number of carbonyl (C=O) groups excluding carboxylic acids is 1. The lowest BCUT2D eigenvalue weighted by Crippen LogP contribution is -2.34. The van der Waals surface area contributed by atoms with Crippen LogP contribution in [0.2, 0.25) is 0 Å². The van der Waals surface area contributed by atoms with Crippen LogP contribution in [0.25, 0.3) is 0 Å². The molecular formula is C19H23F3N2O4. The summed E-state index contributed by atoms with van der Waals surface area (Å²) >= 11 is 0. The Hall–Kier alpha value is -2.71. The maximum Gasteiger partial charge on any atom is 0.390 e. The van der Waals surface area contributed by atoms with Crippen molar-refractivity contribution in [3.05, 3.63) is 40.8 Å². The van der Waals surface area contributed by atoms with E-state index in [0.29, 0.717) is 23.0 Å². The van der Waals surface area contributed by atoms with Crippen LogP contribution in [0.1, 0.15) is 40.7 Å². The smallest absolute Gasteiger partial charge is 0.390 e. The fraction of sp³-hybridized carbons (Fsp3) is 0.474. The molecule has 0 saturated heterocycles. The van der Waals surface area contributed by atoms with Crippen molar-refractivity contribution in [3.63, 3.8) is 0 Å². The summed E-state index contributed by atoms with van der Waals surface area (Å²) in [5.74, 6) is 0.857. The lowest BCUT2D eigenvalue weighted by molar-refractivity contribution is -0.136. The van der Waals surface area contributed by atoms with E-state index < -0.39 is 25.0 Å². The normalized spacial score (nSPS) is 11.4. The lowest BCUT2D eigenvalue weighted by Gasteiger charge is -2.22. The van der Waals surface area contributed by atoms with E-state index in [1.165, 1.54) is 19.2 Å². The molecule has 0 unspecified atom stereocenters. The molecule has 6 nitrogen and oxygen atoms in total. The van der Waals surface area contributed by atoms with E-state index in [2.05, 4.69) is 5.16 Å². The highest BCUT2D eigenvalue weighted by atomic mass is 19.4. The Morgan fingerprint density at radius 3 is 2.50 bits per heavy atom. The molecule has 0 spiro atoms. The standard InChI is InChI=1S/C19H23F3N2O4/c1-5-24(9-8-19(20,21)22)18(25)14-6-7-16(17(10-14)26-4)27-11-15-12(2)23-28-13(15)3/h6-7,10H,5,8-9,11H2,1-4H3. The van der Waals surface area contributed by atoms with Gasteiger partial charge in [-0.25, -0.2) is 0 Å². The van der Waals surface area contributed by atoms with Crippen molar-refractivity contribution in [2.75, 3.05) is 20.2 Å². The van der Waals surface area contributed by atoms with E-state index in [0.717, 1.165) is 10.5 Å². The SMILES string of the molecule is CCN(CCC(F)(F)F)C(=O)c1ccc(OCc2c(C)noc2C)c(OC)c1. The zero-order valence-electron chi connectivity index (χ0n) is 16.2. The first kappa shape index (κ1) is 21.6. The highest BCUT2D eigenvalue weighted by Gasteiger charge is 2.29. The van der Waals surface area contributed by atoms with E-state index in [9.17, 15) is 18.0 Å². The number of carbonyl (C=O) groups is 1. The Balaban J connectivity index is 2.13. The van der Waals surface area contributed by atoms with Crippen LogP contribution in [0, 0.1) is 13.8 Å². The van der Waals surface area contributed by atoms with Crippen LogP contribution >= 0.6 is 0 Å². The summed E-state index contributed by atoms with van der Waals surface area (Å²) in [6, 6.07) is 4.52. The minimum Gasteiger partial charge on any atom is -0.493 e. The van der Waals surface area contributed by atoms with Gasteiger partial charge in [-0.05, 0) is 39.0 Å². The monoisotopic (exact) mass is 400 g/mol. The van der Waals surface area contributed by atoms with Crippen molar-refractivity contribution in [2.24, 2.45) is 0 Å². The number of methoxy groups -OCH3 is 1. The van der Waals surface area contributed by atoms with Crippen LogP contribution in [-0.4, -0.2) is 42.3 Å². The second-order valence-corrected chi connectivity index (χ2v) is 6.21. The van der Waals surface area contributed by atoms with Gasteiger partial charge in [0.2, 0.25) is 0 Å². The van der Waals surface area contributed by atoms with E-state index in [1.54, 1.807) is 26.8 Å². The zero-order valence-corrected chi connectivity index (χ0v) is 16.2. The van der Waals surface area contributed by atoms with Crippen molar-refractivity contribution < 1.29 is 32.0 Å². The molecule has 0 radical (unpaired) electrons. The molecule has 2 rings (SSSR count). The van der Waals surface area contributed by atoms with Gasteiger partial charge in [-0.15, -0.1) is 0 Å². The third kappa shape index (κ3) is 5.40. The highest BCUT2D eigenvalue weighted by molar-refractivity contribution is 5.95. The van der Waals surface area contributed by atoms with Crippen molar-refractivity contribution in [1.29, 1.82) is 0 Å². The summed E-state index contributed by atoms with van der Waals surface area (Å²) in [6.45, 7) is 5.18. The lowest BCUT2D eigenvalue weighted by atomic mass is 10.1. The number of rotatable bonds is 8. The first-order chi connectivity index (χ1) is 13.2. The van der Waals surface area contributed by atoms with E-state index in [4.69, 9.17) is 14.0 Å². The molecule has 1 amide bonds. The third-order valence-corrected chi connectivity index (χ3v) is 4.30. The molecule has 2 aromatic rings. The van der Waals surface area contributed by atoms with Crippen LogP contribution < -0.4 is 9.47 Å². The Labute approximate surface area is 161 Å². The van der Waals surface area contributed by atoms with Gasteiger partial charge < -0.3 is 18.9 Å². The van der Waals surface area contributed by atoms with Gasteiger partial charge in [0.1, 0.15) is 12.4 Å². The maximum absolute atomic E-state index is 12.5. The Morgan fingerprint density at radius 1 is 1.25 bits per heavy atom. The van der Waals surface area contributed by atoms with E-state index in [1.807, 2.05) is 0 Å².